The topological polar surface area (TPSA) is 72.7 Å². The Balaban J connectivity index is 0.000000758. The molecule has 0 aliphatic rings. The summed E-state index contributed by atoms with van der Waals surface area (Å²) in [6, 6.07) is 9.82. The van der Waals surface area contributed by atoms with E-state index in [1.165, 1.54) is 5.69 Å². The zero-order valence-electron chi connectivity index (χ0n) is 14.9. The number of nitrogens with one attached hydrogen (secondary N) is 1. The first-order valence-electron chi connectivity index (χ1n) is 8.07. The lowest BCUT2D eigenvalue weighted by atomic mass is 10.1. The number of ether oxygens (including phenoxy) is 1. The van der Waals surface area contributed by atoms with E-state index in [9.17, 15) is 0 Å². The van der Waals surface area contributed by atoms with E-state index >= 15 is 0 Å². The van der Waals surface area contributed by atoms with Gasteiger partial charge < -0.3 is 14.5 Å². The number of carbonyl (C=O) groups excluding carboxylic acids is 2. The smallest absolute Gasteiger partial charge is 0.373 e. The van der Waals surface area contributed by atoms with Crippen LogP contribution >= 0.6 is 11.6 Å². The van der Waals surface area contributed by atoms with Crippen molar-refractivity contribution in [3.8, 4) is 5.75 Å². The molecule has 7 heteroatoms. The number of imidazole rings is 1. The van der Waals surface area contributed by atoms with Crippen LogP contribution in [-0.4, -0.2) is 22.6 Å². The number of hydrogen-bond acceptors (Lipinski definition) is 5. The van der Waals surface area contributed by atoms with Crippen molar-refractivity contribution in [1.29, 1.82) is 0 Å². The average Bonchev–Trinajstić information content (AvgIpc) is 3.01. The molecule has 0 radical (unpaired) electrons. The molecule has 3 aromatic rings. The molecule has 0 aliphatic carbocycles. The van der Waals surface area contributed by atoms with Gasteiger partial charge in [0.15, 0.2) is 0 Å². The fourth-order valence-electron chi connectivity index (χ4n) is 2.81. The number of benzene rings is 1. The molecule has 0 aliphatic heterocycles. The maximum Gasteiger partial charge on any atom is 0.373 e. The molecule has 1 aromatic carbocycles. The first-order valence-corrected chi connectivity index (χ1v) is 8.45. The SMILES string of the molecule is CCc1c(NCc2ccc(Cl)cc2OC)ccc2nc(C)cn12.O=C=O. The largest absolute Gasteiger partial charge is 0.496 e. The Morgan fingerprint density at radius 1 is 1.27 bits per heavy atom. The second kappa shape index (κ2) is 9.04. The van der Waals surface area contributed by atoms with Crippen molar-refractivity contribution in [2.45, 2.75) is 26.8 Å². The molecule has 0 saturated heterocycles. The molecular formula is C19H20ClN3O3. The van der Waals surface area contributed by atoms with Crippen molar-refractivity contribution in [2.75, 3.05) is 12.4 Å². The first kappa shape index (κ1) is 19.5. The van der Waals surface area contributed by atoms with E-state index < -0.39 is 0 Å². The van der Waals surface area contributed by atoms with Crippen molar-refractivity contribution in [3.63, 3.8) is 0 Å². The second-order valence-corrected chi connectivity index (χ2v) is 5.99. The summed E-state index contributed by atoms with van der Waals surface area (Å²) in [5.74, 6) is 0.794. The van der Waals surface area contributed by atoms with E-state index in [4.69, 9.17) is 25.9 Å². The Labute approximate surface area is 156 Å². The molecule has 1 N–H and O–H groups in total. The minimum Gasteiger partial charge on any atom is -0.496 e. The molecule has 6 nitrogen and oxygen atoms in total. The molecule has 2 aromatic heterocycles. The van der Waals surface area contributed by atoms with Crippen molar-refractivity contribution >= 4 is 29.1 Å². The predicted octanol–water partition coefficient (Wildman–Crippen LogP) is 3.90. The Bertz CT molecular complexity index is 931. The molecule has 0 atom stereocenters. The van der Waals surface area contributed by atoms with E-state index in [-0.39, 0.29) is 6.15 Å². The number of nitrogens with zero attached hydrogens (tertiary/aromatic N) is 2. The maximum atomic E-state index is 8.12. The fourth-order valence-corrected chi connectivity index (χ4v) is 2.97. The summed E-state index contributed by atoms with van der Waals surface area (Å²) in [5, 5.41) is 4.18. The highest BCUT2D eigenvalue weighted by Crippen LogP contribution is 2.25. The van der Waals surface area contributed by atoms with Crippen LogP contribution in [0, 0.1) is 6.92 Å². The molecular weight excluding hydrogens is 354 g/mol. The highest BCUT2D eigenvalue weighted by molar-refractivity contribution is 6.30. The number of halogens is 1. The van der Waals surface area contributed by atoms with Gasteiger partial charge in [-0.25, -0.2) is 4.98 Å². The van der Waals surface area contributed by atoms with Crippen LogP contribution in [0.25, 0.3) is 5.65 Å². The molecule has 3 rings (SSSR count). The Hall–Kier alpha value is -2.82. The van der Waals surface area contributed by atoms with Crippen LogP contribution in [-0.2, 0) is 22.6 Å². The number of methoxy groups -OCH3 is 1. The van der Waals surface area contributed by atoms with Crippen LogP contribution in [0.5, 0.6) is 5.75 Å². The standard InChI is InChI=1S/C18H20ClN3O.CO2/c1-4-16-15(7-8-18-21-12(2)11-22(16)18)20-10-13-5-6-14(19)9-17(13)23-3;2-1-3/h5-9,11,20H,4,10H2,1-3H3;. The lowest BCUT2D eigenvalue weighted by Gasteiger charge is -2.15. The summed E-state index contributed by atoms with van der Waals surface area (Å²) < 4.78 is 7.55. The van der Waals surface area contributed by atoms with Crippen LogP contribution in [0.3, 0.4) is 0 Å². The number of hydrogen-bond donors (Lipinski definition) is 1. The van der Waals surface area contributed by atoms with Crippen molar-refractivity contribution in [3.05, 3.63) is 58.5 Å². The van der Waals surface area contributed by atoms with E-state index in [0.29, 0.717) is 11.6 Å². The molecule has 136 valence electrons. The minimum atomic E-state index is 0.250. The molecule has 0 unspecified atom stereocenters. The molecule has 0 amide bonds. The van der Waals surface area contributed by atoms with Crippen molar-refractivity contribution < 1.29 is 14.3 Å². The van der Waals surface area contributed by atoms with E-state index in [1.54, 1.807) is 7.11 Å². The van der Waals surface area contributed by atoms with Crippen molar-refractivity contribution in [1.82, 2.24) is 9.38 Å². The predicted molar refractivity (Wildman–Crippen MR) is 99.6 cm³/mol. The summed E-state index contributed by atoms with van der Waals surface area (Å²) >= 11 is 6.02. The molecule has 0 spiro atoms. The molecule has 2 heterocycles. The summed E-state index contributed by atoms with van der Waals surface area (Å²) in [4.78, 5) is 20.8. The van der Waals surface area contributed by atoms with Crippen LogP contribution in [0.15, 0.2) is 36.5 Å². The molecule has 0 saturated carbocycles. The van der Waals surface area contributed by atoms with Gasteiger partial charge in [-0.2, -0.15) is 9.59 Å². The van der Waals surface area contributed by atoms with Gasteiger partial charge in [0.05, 0.1) is 18.5 Å². The fraction of sp³-hybridized carbons (Fsp3) is 0.263. The summed E-state index contributed by atoms with van der Waals surface area (Å²) in [7, 11) is 1.66. The van der Waals surface area contributed by atoms with Gasteiger partial charge in [-0.3, -0.25) is 0 Å². The number of rotatable bonds is 5. The molecule has 0 bridgehead atoms. The normalized spacial score (nSPS) is 10.0. The van der Waals surface area contributed by atoms with Crippen LogP contribution in [0.4, 0.5) is 5.69 Å². The van der Waals surface area contributed by atoms with Gasteiger partial charge in [0.1, 0.15) is 11.4 Å². The second-order valence-electron chi connectivity index (χ2n) is 5.55. The number of aryl methyl sites for hydroxylation is 2. The van der Waals surface area contributed by atoms with Crippen molar-refractivity contribution in [2.24, 2.45) is 0 Å². The van der Waals surface area contributed by atoms with Crippen LogP contribution < -0.4 is 10.1 Å². The van der Waals surface area contributed by atoms with Gasteiger partial charge in [0, 0.05) is 29.0 Å². The van der Waals surface area contributed by atoms with Crippen LogP contribution in [0.1, 0.15) is 23.9 Å². The minimum absolute atomic E-state index is 0.250. The average molecular weight is 374 g/mol. The summed E-state index contributed by atoms with van der Waals surface area (Å²) in [5.41, 5.74) is 5.40. The highest BCUT2D eigenvalue weighted by Gasteiger charge is 2.09. The highest BCUT2D eigenvalue weighted by atomic mass is 35.5. The number of pyridine rings is 1. The van der Waals surface area contributed by atoms with E-state index in [2.05, 4.69) is 33.9 Å². The Morgan fingerprint density at radius 3 is 2.65 bits per heavy atom. The third kappa shape index (κ3) is 4.42. The first-order chi connectivity index (χ1) is 12.5. The quantitative estimate of drug-likeness (QED) is 0.734. The number of aromatic nitrogens is 2. The summed E-state index contributed by atoms with van der Waals surface area (Å²) in [6.07, 6.45) is 3.25. The Kier molecular flexibility index (Phi) is 6.78. The van der Waals surface area contributed by atoms with Gasteiger partial charge in [0.25, 0.3) is 0 Å². The lowest BCUT2D eigenvalue weighted by Crippen LogP contribution is -2.06. The van der Waals surface area contributed by atoms with Gasteiger partial charge in [-0.05, 0) is 37.6 Å². The third-order valence-electron chi connectivity index (χ3n) is 3.91. The zero-order valence-corrected chi connectivity index (χ0v) is 15.6. The van der Waals surface area contributed by atoms with Gasteiger partial charge in [-0.15, -0.1) is 0 Å². The molecule has 26 heavy (non-hydrogen) atoms. The van der Waals surface area contributed by atoms with Gasteiger partial charge >= 0.3 is 6.15 Å². The maximum absolute atomic E-state index is 8.12. The third-order valence-corrected chi connectivity index (χ3v) is 4.14. The number of anilines is 1. The molecule has 0 fully saturated rings. The zero-order chi connectivity index (χ0) is 19.1. The Morgan fingerprint density at radius 2 is 2.00 bits per heavy atom. The van der Waals surface area contributed by atoms with E-state index in [1.807, 2.05) is 31.2 Å². The van der Waals surface area contributed by atoms with Gasteiger partial charge in [-0.1, -0.05) is 24.6 Å². The lowest BCUT2D eigenvalue weighted by molar-refractivity contribution is -0.191. The monoisotopic (exact) mass is 373 g/mol. The van der Waals surface area contributed by atoms with Gasteiger partial charge in [0.2, 0.25) is 0 Å². The summed E-state index contributed by atoms with van der Waals surface area (Å²) in [6.45, 7) is 4.84. The van der Waals surface area contributed by atoms with E-state index in [0.717, 1.165) is 34.8 Å². The van der Waals surface area contributed by atoms with Crippen LogP contribution in [0.2, 0.25) is 5.02 Å². The number of fused-ring (bicyclic) bond motifs is 1.